The molecule has 0 heterocycles. The van der Waals surface area contributed by atoms with Gasteiger partial charge in [-0.05, 0) is 86.9 Å². The van der Waals surface area contributed by atoms with E-state index in [1.54, 1.807) is 0 Å². The van der Waals surface area contributed by atoms with Crippen LogP contribution in [-0.2, 0) is 0 Å². The van der Waals surface area contributed by atoms with Crippen LogP contribution in [0, 0.1) is 40.9 Å². The van der Waals surface area contributed by atoms with Crippen molar-refractivity contribution in [3.05, 3.63) is 0 Å². The Hall–Kier alpha value is -0.530. The number of hydrogen-bond acceptors (Lipinski definition) is 2. The van der Waals surface area contributed by atoms with Crippen molar-refractivity contribution >= 4 is 5.71 Å². The molecule has 0 unspecified atom stereocenters. The molecule has 4 saturated carbocycles. The quantitative estimate of drug-likeness (QED) is 0.488. The van der Waals surface area contributed by atoms with Crippen LogP contribution in [0.1, 0.15) is 71.6 Å². The molecular weight excluding hydrogens is 258 g/mol. The lowest BCUT2D eigenvalue weighted by Gasteiger charge is -2.54. The van der Waals surface area contributed by atoms with E-state index < -0.39 is 0 Å². The zero-order chi connectivity index (χ0) is 14.6. The summed E-state index contributed by atoms with van der Waals surface area (Å²) in [6, 6.07) is 0. The van der Waals surface area contributed by atoms with E-state index in [4.69, 9.17) is 0 Å². The number of fused-ring (bicyclic) bond motifs is 4. The molecule has 0 saturated heterocycles. The van der Waals surface area contributed by atoms with Crippen molar-refractivity contribution in [3.63, 3.8) is 0 Å². The van der Waals surface area contributed by atoms with E-state index in [2.05, 4.69) is 19.0 Å². The topological polar surface area (TPSA) is 32.6 Å². The van der Waals surface area contributed by atoms with E-state index in [-0.39, 0.29) is 5.41 Å². The Morgan fingerprint density at radius 3 is 2.62 bits per heavy atom. The van der Waals surface area contributed by atoms with Crippen LogP contribution in [0.3, 0.4) is 0 Å². The predicted molar refractivity (Wildman–Crippen MR) is 85.5 cm³/mol. The van der Waals surface area contributed by atoms with Gasteiger partial charge in [-0.2, -0.15) is 0 Å². The third-order valence-electron chi connectivity index (χ3n) is 8.02. The summed E-state index contributed by atoms with van der Waals surface area (Å²) in [6.07, 6.45) is 12.4. The van der Waals surface area contributed by atoms with Crippen molar-refractivity contribution in [2.24, 2.45) is 46.1 Å². The van der Waals surface area contributed by atoms with E-state index in [1.807, 2.05) is 0 Å². The summed E-state index contributed by atoms with van der Waals surface area (Å²) >= 11 is 0. The maximum atomic E-state index is 9.37. The summed E-state index contributed by atoms with van der Waals surface area (Å²) in [5.74, 6) is 5.73. The summed E-state index contributed by atoms with van der Waals surface area (Å²) < 4.78 is 0. The fourth-order valence-corrected chi connectivity index (χ4v) is 6.88. The second-order valence-electron chi connectivity index (χ2n) is 8.98. The number of oxime groups is 1. The maximum Gasteiger partial charge on any atom is 0.0632 e. The molecule has 1 N–H and O–H groups in total. The molecule has 7 atom stereocenters. The Bertz CT molecular complexity index is 445. The molecule has 0 amide bonds. The number of hydrogen-bond donors (Lipinski definition) is 1. The van der Waals surface area contributed by atoms with E-state index in [1.165, 1.54) is 51.4 Å². The fourth-order valence-electron chi connectivity index (χ4n) is 6.88. The highest BCUT2D eigenvalue weighted by atomic mass is 16.4. The van der Waals surface area contributed by atoms with Crippen molar-refractivity contribution in [2.45, 2.75) is 71.6 Å². The van der Waals surface area contributed by atoms with E-state index >= 15 is 0 Å². The van der Waals surface area contributed by atoms with Crippen molar-refractivity contribution in [3.8, 4) is 0 Å². The number of rotatable bonds is 0. The second-order valence-corrected chi connectivity index (χ2v) is 8.98. The van der Waals surface area contributed by atoms with Crippen LogP contribution in [0.15, 0.2) is 5.16 Å². The van der Waals surface area contributed by atoms with Crippen molar-refractivity contribution in [1.82, 2.24) is 0 Å². The van der Waals surface area contributed by atoms with Crippen LogP contribution in [0.4, 0.5) is 0 Å². The van der Waals surface area contributed by atoms with Crippen molar-refractivity contribution in [1.29, 1.82) is 0 Å². The molecule has 0 aromatic carbocycles. The summed E-state index contributed by atoms with van der Waals surface area (Å²) in [7, 11) is 0. The van der Waals surface area contributed by atoms with Crippen LogP contribution >= 0.6 is 0 Å². The van der Waals surface area contributed by atoms with Gasteiger partial charge in [0, 0.05) is 5.41 Å². The van der Waals surface area contributed by atoms with Gasteiger partial charge in [-0.3, -0.25) is 0 Å². The molecule has 0 aromatic rings. The Labute approximate surface area is 129 Å². The Balaban J connectivity index is 1.56. The molecule has 2 heteroatoms. The fraction of sp³-hybridized carbons (Fsp3) is 0.947. The normalized spacial score (nSPS) is 54.9. The summed E-state index contributed by atoms with van der Waals surface area (Å²) in [4.78, 5) is 0. The standard InChI is InChI=1S/C19H31NO/c1-12-3-7-16-13(9-12)4-5-14-11-19(2)15(10-17(14)16)6-8-18(19)20-21/h12-17,21H,3-11H2,1-2H3/t12-,13+,14+,15-,16+,17+,19-/m0/s1. The Morgan fingerprint density at radius 2 is 1.81 bits per heavy atom. The Kier molecular flexibility index (Phi) is 3.35. The lowest BCUT2D eigenvalue weighted by molar-refractivity contribution is -0.0289. The average molecular weight is 289 g/mol. The molecule has 0 radical (unpaired) electrons. The molecular formula is C19H31NO. The molecule has 4 aliphatic carbocycles. The smallest absolute Gasteiger partial charge is 0.0632 e. The highest BCUT2D eigenvalue weighted by Crippen LogP contribution is 2.60. The van der Waals surface area contributed by atoms with Crippen LogP contribution in [0.2, 0.25) is 0 Å². The monoisotopic (exact) mass is 289 g/mol. The first-order valence-electron chi connectivity index (χ1n) is 9.33. The van der Waals surface area contributed by atoms with Crippen LogP contribution in [0.25, 0.3) is 0 Å². The van der Waals surface area contributed by atoms with Crippen molar-refractivity contribution < 1.29 is 5.21 Å². The second kappa shape index (κ2) is 4.99. The minimum Gasteiger partial charge on any atom is -0.411 e. The third-order valence-corrected chi connectivity index (χ3v) is 8.02. The Morgan fingerprint density at radius 1 is 1.00 bits per heavy atom. The zero-order valence-electron chi connectivity index (χ0n) is 13.7. The highest BCUT2D eigenvalue weighted by Gasteiger charge is 2.54. The van der Waals surface area contributed by atoms with Gasteiger partial charge in [-0.15, -0.1) is 0 Å². The number of nitrogens with zero attached hydrogens (tertiary/aromatic N) is 1. The largest absolute Gasteiger partial charge is 0.411 e. The molecule has 2 nitrogen and oxygen atoms in total. The van der Waals surface area contributed by atoms with Gasteiger partial charge in [0.25, 0.3) is 0 Å². The van der Waals surface area contributed by atoms with Gasteiger partial charge in [0.15, 0.2) is 0 Å². The van der Waals surface area contributed by atoms with Gasteiger partial charge in [0.1, 0.15) is 0 Å². The van der Waals surface area contributed by atoms with Gasteiger partial charge < -0.3 is 5.21 Å². The first-order valence-corrected chi connectivity index (χ1v) is 9.33. The maximum absolute atomic E-state index is 9.37. The van der Waals surface area contributed by atoms with E-state index in [0.29, 0.717) is 0 Å². The van der Waals surface area contributed by atoms with Gasteiger partial charge in [0.05, 0.1) is 5.71 Å². The van der Waals surface area contributed by atoms with Gasteiger partial charge in [-0.1, -0.05) is 25.4 Å². The minimum atomic E-state index is 0.227. The highest BCUT2D eigenvalue weighted by molar-refractivity contribution is 5.91. The van der Waals surface area contributed by atoms with Gasteiger partial charge in [-0.25, -0.2) is 0 Å². The van der Waals surface area contributed by atoms with E-state index in [0.717, 1.165) is 47.6 Å². The van der Waals surface area contributed by atoms with E-state index in [9.17, 15) is 5.21 Å². The predicted octanol–water partition coefficient (Wildman–Crippen LogP) is 5.11. The molecule has 0 spiro atoms. The first kappa shape index (κ1) is 14.1. The molecule has 21 heavy (non-hydrogen) atoms. The molecule has 4 aliphatic rings. The minimum absolute atomic E-state index is 0.227. The summed E-state index contributed by atoms with van der Waals surface area (Å²) in [6.45, 7) is 4.85. The van der Waals surface area contributed by atoms with Crippen LogP contribution in [-0.4, -0.2) is 10.9 Å². The summed E-state index contributed by atoms with van der Waals surface area (Å²) in [5, 5.41) is 13.1. The summed E-state index contributed by atoms with van der Waals surface area (Å²) in [5.41, 5.74) is 1.34. The zero-order valence-corrected chi connectivity index (χ0v) is 13.7. The molecule has 4 fully saturated rings. The lowest BCUT2D eigenvalue weighted by atomic mass is 9.51. The third kappa shape index (κ3) is 2.08. The molecule has 0 bridgehead atoms. The van der Waals surface area contributed by atoms with Gasteiger partial charge >= 0.3 is 0 Å². The van der Waals surface area contributed by atoms with Crippen LogP contribution in [0.5, 0.6) is 0 Å². The molecule has 4 rings (SSSR count). The lowest BCUT2D eigenvalue weighted by Crippen LogP contribution is -2.47. The SMILES string of the molecule is C[C@H]1CC[C@@H]2[C@H](CC[C@@H]3C[C@]4(C)C(=NO)CC[C@H]4C[C@H]32)C1. The van der Waals surface area contributed by atoms with Gasteiger partial charge in [0.2, 0.25) is 0 Å². The first-order chi connectivity index (χ1) is 10.1. The van der Waals surface area contributed by atoms with Crippen LogP contribution < -0.4 is 0 Å². The molecule has 0 aromatic heterocycles. The average Bonchev–Trinajstić information content (AvgIpc) is 2.80. The molecule has 118 valence electrons. The van der Waals surface area contributed by atoms with Crippen molar-refractivity contribution in [2.75, 3.05) is 0 Å². The molecule has 0 aliphatic heterocycles.